The van der Waals surface area contributed by atoms with E-state index in [1.807, 2.05) is 57.1 Å². The number of aliphatic hydroxyl groups excluding tert-OH is 2. The first-order valence-corrected chi connectivity index (χ1v) is 10.9. The third-order valence-corrected chi connectivity index (χ3v) is 6.33. The van der Waals surface area contributed by atoms with Crippen LogP contribution in [0, 0.1) is 5.41 Å². The lowest BCUT2D eigenvalue weighted by Gasteiger charge is -2.45. The molecule has 4 aromatic rings. The molecule has 0 atom stereocenters. The highest BCUT2D eigenvalue weighted by Crippen LogP contribution is 2.42. The van der Waals surface area contributed by atoms with E-state index in [2.05, 4.69) is 26.6 Å². The predicted octanol–water partition coefficient (Wildman–Crippen LogP) is 2.49. The maximum absolute atomic E-state index is 9.64. The molecule has 0 bridgehead atoms. The Balaban J connectivity index is 1.49. The van der Waals surface area contributed by atoms with E-state index in [0.717, 1.165) is 27.8 Å². The number of benzene rings is 1. The molecule has 1 aromatic carbocycles. The minimum absolute atomic E-state index is 0.0205. The molecule has 0 aliphatic heterocycles. The largest absolute Gasteiger partial charge is 0.396 e. The predicted molar refractivity (Wildman–Crippen MR) is 125 cm³/mol. The summed E-state index contributed by atoms with van der Waals surface area (Å²) in [7, 11) is 3.77. The van der Waals surface area contributed by atoms with Gasteiger partial charge in [-0.1, -0.05) is 18.2 Å². The summed E-state index contributed by atoms with van der Waals surface area (Å²) in [5.74, 6) is 1.33. The molecule has 1 fully saturated rings. The van der Waals surface area contributed by atoms with Crippen molar-refractivity contribution in [3.63, 3.8) is 0 Å². The molecule has 3 aromatic heterocycles. The van der Waals surface area contributed by atoms with Crippen LogP contribution in [0.4, 0.5) is 5.82 Å². The van der Waals surface area contributed by atoms with Crippen LogP contribution >= 0.6 is 0 Å². The summed E-state index contributed by atoms with van der Waals surface area (Å²) in [6.45, 7) is -0.0411. The number of aliphatic hydroxyl groups is 2. The van der Waals surface area contributed by atoms with Gasteiger partial charge < -0.3 is 15.5 Å². The lowest BCUT2D eigenvalue weighted by atomic mass is 9.66. The Kier molecular flexibility index (Phi) is 5.43. The van der Waals surface area contributed by atoms with Crippen molar-refractivity contribution in [2.75, 3.05) is 18.5 Å². The molecule has 0 unspecified atom stereocenters. The fourth-order valence-electron chi connectivity index (χ4n) is 4.40. The van der Waals surface area contributed by atoms with E-state index in [-0.39, 0.29) is 19.3 Å². The highest BCUT2D eigenvalue weighted by atomic mass is 16.3. The van der Waals surface area contributed by atoms with Crippen LogP contribution in [0.2, 0.25) is 0 Å². The highest BCUT2D eigenvalue weighted by molar-refractivity contribution is 5.76. The molecule has 0 radical (unpaired) electrons. The van der Waals surface area contributed by atoms with Crippen LogP contribution in [-0.4, -0.2) is 59.0 Å². The number of aryl methyl sites for hydroxylation is 2. The molecule has 9 heteroatoms. The number of nitrogens with zero attached hydrogens (tertiary/aromatic N) is 6. The minimum atomic E-state index is -0.417. The second kappa shape index (κ2) is 8.42. The van der Waals surface area contributed by atoms with Gasteiger partial charge in [0.05, 0.1) is 25.6 Å². The van der Waals surface area contributed by atoms with Gasteiger partial charge in [0.1, 0.15) is 5.82 Å². The van der Waals surface area contributed by atoms with Crippen LogP contribution in [-0.2, 0) is 14.1 Å². The zero-order valence-corrected chi connectivity index (χ0v) is 18.7. The second-order valence-corrected chi connectivity index (χ2v) is 8.91. The van der Waals surface area contributed by atoms with E-state index in [1.165, 1.54) is 0 Å². The molecule has 5 rings (SSSR count). The molecule has 3 N–H and O–H groups in total. The number of anilines is 1. The number of hydrogen-bond donors (Lipinski definition) is 3. The van der Waals surface area contributed by atoms with Gasteiger partial charge in [-0.25, -0.2) is 9.97 Å². The Morgan fingerprint density at radius 3 is 2.24 bits per heavy atom. The summed E-state index contributed by atoms with van der Waals surface area (Å²) in [4.78, 5) is 9.54. The van der Waals surface area contributed by atoms with Crippen molar-refractivity contribution in [1.29, 1.82) is 0 Å². The van der Waals surface area contributed by atoms with Crippen LogP contribution < -0.4 is 5.32 Å². The standard InChI is InChI=1S/C24H27N7O2/c1-30-12-18(9-26-30)16-4-3-5-17(6-16)22-25-11-21(19-10-27-31(2)13-19)23(29-22)28-20-7-24(8-20,14-32)15-33/h3-6,9-13,20,32-33H,7-8,14-15H2,1-2H3,(H,25,28,29). The SMILES string of the molecule is Cn1cc(-c2cccc(-c3ncc(-c4cnn(C)c4)c(NC4CC(CO)(CO)C4)n3)c2)cn1. The summed E-state index contributed by atoms with van der Waals surface area (Å²) in [5, 5.41) is 31.3. The first kappa shape index (κ1) is 21.3. The normalized spacial score (nSPS) is 15.4. The zero-order chi connectivity index (χ0) is 23.0. The summed E-state index contributed by atoms with van der Waals surface area (Å²) in [5.41, 5.74) is 4.35. The van der Waals surface area contributed by atoms with Crippen LogP contribution in [0.15, 0.2) is 55.2 Å². The van der Waals surface area contributed by atoms with E-state index in [0.29, 0.717) is 24.5 Å². The second-order valence-electron chi connectivity index (χ2n) is 8.91. The lowest BCUT2D eigenvalue weighted by Crippen LogP contribution is -2.49. The Bertz CT molecular complexity index is 1270. The van der Waals surface area contributed by atoms with Gasteiger partial charge in [-0.2, -0.15) is 10.2 Å². The van der Waals surface area contributed by atoms with E-state index in [9.17, 15) is 10.2 Å². The molecular formula is C24H27N7O2. The first-order chi connectivity index (χ1) is 16.0. The molecule has 1 aliphatic rings. The molecule has 1 aliphatic carbocycles. The van der Waals surface area contributed by atoms with Gasteiger partial charge in [0.15, 0.2) is 5.82 Å². The molecule has 170 valence electrons. The van der Waals surface area contributed by atoms with Gasteiger partial charge >= 0.3 is 0 Å². The highest BCUT2D eigenvalue weighted by Gasteiger charge is 2.43. The Morgan fingerprint density at radius 2 is 1.61 bits per heavy atom. The summed E-state index contributed by atoms with van der Waals surface area (Å²) >= 11 is 0. The fraction of sp³-hybridized carbons (Fsp3) is 0.333. The number of aromatic nitrogens is 6. The maximum atomic E-state index is 9.64. The minimum Gasteiger partial charge on any atom is -0.396 e. The Morgan fingerprint density at radius 1 is 0.939 bits per heavy atom. The van der Waals surface area contributed by atoms with Gasteiger partial charge in [-0.15, -0.1) is 0 Å². The third-order valence-electron chi connectivity index (χ3n) is 6.33. The lowest BCUT2D eigenvalue weighted by molar-refractivity contribution is -0.0172. The molecular weight excluding hydrogens is 418 g/mol. The summed E-state index contributed by atoms with van der Waals surface area (Å²) in [6.07, 6.45) is 10.7. The van der Waals surface area contributed by atoms with Gasteiger partial charge in [-0.3, -0.25) is 9.36 Å². The Labute approximate surface area is 191 Å². The third kappa shape index (κ3) is 4.12. The van der Waals surface area contributed by atoms with Crippen molar-refractivity contribution in [1.82, 2.24) is 29.5 Å². The number of rotatable bonds is 7. The first-order valence-electron chi connectivity index (χ1n) is 10.9. The molecule has 9 nitrogen and oxygen atoms in total. The van der Waals surface area contributed by atoms with Gasteiger partial charge in [0.2, 0.25) is 0 Å². The van der Waals surface area contributed by atoms with E-state index in [4.69, 9.17) is 4.98 Å². The molecule has 0 amide bonds. The van der Waals surface area contributed by atoms with Crippen LogP contribution in [0.1, 0.15) is 12.8 Å². The van der Waals surface area contributed by atoms with Gasteiger partial charge in [0.25, 0.3) is 0 Å². The van der Waals surface area contributed by atoms with Crippen molar-refractivity contribution in [2.24, 2.45) is 19.5 Å². The van der Waals surface area contributed by atoms with Gasteiger partial charge in [0, 0.05) is 66.4 Å². The van der Waals surface area contributed by atoms with Crippen molar-refractivity contribution >= 4 is 5.82 Å². The van der Waals surface area contributed by atoms with Crippen molar-refractivity contribution in [3.8, 4) is 33.6 Å². The van der Waals surface area contributed by atoms with E-state index >= 15 is 0 Å². The van der Waals surface area contributed by atoms with E-state index < -0.39 is 5.41 Å². The van der Waals surface area contributed by atoms with Crippen molar-refractivity contribution in [2.45, 2.75) is 18.9 Å². The zero-order valence-electron chi connectivity index (χ0n) is 18.7. The quantitative estimate of drug-likeness (QED) is 0.400. The number of nitrogens with one attached hydrogen (secondary N) is 1. The maximum Gasteiger partial charge on any atom is 0.161 e. The Hall–Kier alpha value is -3.56. The molecule has 33 heavy (non-hydrogen) atoms. The average molecular weight is 446 g/mol. The van der Waals surface area contributed by atoms with Crippen LogP contribution in [0.5, 0.6) is 0 Å². The smallest absolute Gasteiger partial charge is 0.161 e. The fourth-order valence-corrected chi connectivity index (χ4v) is 4.40. The van der Waals surface area contributed by atoms with Crippen LogP contribution in [0.25, 0.3) is 33.6 Å². The monoisotopic (exact) mass is 445 g/mol. The molecule has 3 heterocycles. The molecule has 0 saturated heterocycles. The number of hydrogen-bond acceptors (Lipinski definition) is 7. The average Bonchev–Trinajstić information content (AvgIpc) is 3.44. The summed E-state index contributed by atoms with van der Waals surface area (Å²) in [6, 6.07) is 8.21. The van der Waals surface area contributed by atoms with Crippen molar-refractivity contribution in [3.05, 3.63) is 55.2 Å². The molecule has 1 saturated carbocycles. The van der Waals surface area contributed by atoms with E-state index in [1.54, 1.807) is 15.6 Å². The van der Waals surface area contributed by atoms with Crippen LogP contribution in [0.3, 0.4) is 0 Å². The van der Waals surface area contributed by atoms with Gasteiger partial charge in [-0.05, 0) is 24.5 Å². The topological polar surface area (TPSA) is 114 Å². The van der Waals surface area contributed by atoms with Crippen molar-refractivity contribution < 1.29 is 10.2 Å². The summed E-state index contributed by atoms with van der Waals surface area (Å²) < 4.78 is 3.52. The molecule has 0 spiro atoms.